The van der Waals surface area contributed by atoms with Crippen molar-refractivity contribution in [1.29, 1.82) is 0 Å². The van der Waals surface area contributed by atoms with Gasteiger partial charge in [0.15, 0.2) is 5.82 Å². The highest BCUT2D eigenvalue weighted by Gasteiger charge is 2.24. The van der Waals surface area contributed by atoms with Crippen LogP contribution < -0.4 is 10.6 Å². The molecule has 40 heavy (non-hydrogen) atoms. The average molecular weight is 560 g/mol. The normalized spacial score (nSPS) is 13.9. The van der Waals surface area contributed by atoms with Crippen molar-refractivity contribution in [2.45, 2.75) is 19.8 Å². The molecule has 1 fully saturated rings. The molecule has 0 unspecified atom stereocenters. The van der Waals surface area contributed by atoms with Crippen molar-refractivity contribution in [2.75, 3.05) is 51.1 Å². The maximum Gasteiger partial charge on any atom is 0.270 e. The zero-order valence-corrected chi connectivity index (χ0v) is 23.4. The van der Waals surface area contributed by atoms with E-state index in [1.807, 2.05) is 53.4 Å². The molecule has 0 aliphatic carbocycles. The molecule has 9 nitrogen and oxygen atoms in total. The summed E-state index contributed by atoms with van der Waals surface area (Å²) in [4.78, 5) is 41.7. The quantitative estimate of drug-likeness (QED) is 0.251. The summed E-state index contributed by atoms with van der Waals surface area (Å²) in [5.41, 5.74) is 3.26. The molecule has 2 aromatic heterocycles. The zero-order valence-electron chi connectivity index (χ0n) is 22.6. The molecule has 1 aliphatic rings. The molecular formula is C30H34ClN7O2. The van der Waals surface area contributed by atoms with Crippen LogP contribution in [-0.4, -0.2) is 82.4 Å². The number of carbonyl (C=O) groups excluding carboxylic acids is 2. The Morgan fingerprint density at radius 1 is 0.975 bits per heavy atom. The second kappa shape index (κ2) is 12.9. The monoisotopic (exact) mass is 559 g/mol. The minimum atomic E-state index is -0.0872. The summed E-state index contributed by atoms with van der Waals surface area (Å²) < 4.78 is 0. The lowest BCUT2D eigenvalue weighted by molar-refractivity contribution is -0.118. The molecule has 0 radical (unpaired) electrons. The van der Waals surface area contributed by atoms with E-state index in [-0.39, 0.29) is 11.8 Å². The molecule has 5 rings (SSSR count). The number of fused-ring (bicyclic) bond motifs is 1. The van der Waals surface area contributed by atoms with Gasteiger partial charge < -0.3 is 20.5 Å². The Labute approximate surface area is 238 Å². The van der Waals surface area contributed by atoms with Crippen LogP contribution in [0.4, 0.5) is 5.82 Å². The molecule has 0 saturated carbocycles. The number of halogens is 1. The molecule has 2 aromatic carbocycles. The van der Waals surface area contributed by atoms with E-state index in [0.29, 0.717) is 49.2 Å². The number of amides is 2. The number of nitrogens with zero attached hydrogens (tertiary/aromatic N) is 4. The maximum atomic E-state index is 13.5. The average Bonchev–Trinajstić information content (AvgIpc) is 3.41. The minimum absolute atomic E-state index is 0.0377. The first-order chi connectivity index (χ1) is 19.5. The topological polar surface area (TPSA) is 106 Å². The van der Waals surface area contributed by atoms with E-state index in [1.165, 1.54) is 12.5 Å². The molecule has 1 saturated heterocycles. The lowest BCUT2D eigenvalue weighted by atomic mass is 10.1. The second-order valence-corrected chi connectivity index (χ2v) is 10.4. The van der Waals surface area contributed by atoms with Gasteiger partial charge in [0.05, 0.1) is 5.39 Å². The van der Waals surface area contributed by atoms with Crippen LogP contribution >= 0.6 is 11.6 Å². The van der Waals surface area contributed by atoms with Crippen molar-refractivity contribution in [3.05, 3.63) is 76.9 Å². The van der Waals surface area contributed by atoms with E-state index >= 15 is 0 Å². The number of aryl methyl sites for hydroxylation is 1. The van der Waals surface area contributed by atoms with E-state index in [1.54, 1.807) is 0 Å². The number of hydrogen-bond acceptors (Lipinski definition) is 6. The number of aromatic nitrogens is 3. The third-order valence-electron chi connectivity index (χ3n) is 7.05. The van der Waals surface area contributed by atoms with Crippen molar-refractivity contribution in [3.8, 4) is 11.4 Å². The van der Waals surface area contributed by atoms with Crippen molar-refractivity contribution in [3.63, 3.8) is 0 Å². The number of nitrogens with one attached hydrogen (secondary N) is 3. The first-order valence-corrected chi connectivity index (χ1v) is 14.0. The van der Waals surface area contributed by atoms with E-state index in [2.05, 4.69) is 32.7 Å². The van der Waals surface area contributed by atoms with E-state index in [4.69, 9.17) is 21.6 Å². The third-order valence-corrected chi connectivity index (χ3v) is 7.31. The zero-order chi connectivity index (χ0) is 27.9. The van der Waals surface area contributed by atoms with E-state index in [9.17, 15) is 9.59 Å². The van der Waals surface area contributed by atoms with Gasteiger partial charge in [-0.25, -0.2) is 9.97 Å². The standard InChI is InChI=1S/C30H34ClN7O2/c1-21(39)32-13-14-33-28-25-20-26(34-29(25)36-27(35-28)23-7-3-2-4-8-23)30(40)38-18-16-37(17-19-38)15-5-6-22-9-11-24(31)12-10-22/h2-4,7-12,20H,5-6,13-19H2,1H3,(H,32,39)(H2,33,34,35,36). The maximum absolute atomic E-state index is 13.5. The number of rotatable bonds is 10. The Morgan fingerprint density at radius 3 is 2.45 bits per heavy atom. The third kappa shape index (κ3) is 6.97. The summed E-state index contributed by atoms with van der Waals surface area (Å²) in [7, 11) is 0. The molecular weight excluding hydrogens is 526 g/mol. The van der Waals surface area contributed by atoms with Gasteiger partial charge in [-0.3, -0.25) is 14.5 Å². The highest BCUT2D eigenvalue weighted by atomic mass is 35.5. The molecule has 0 bridgehead atoms. The number of anilines is 1. The summed E-state index contributed by atoms with van der Waals surface area (Å²) in [5, 5.41) is 7.59. The van der Waals surface area contributed by atoms with Crippen LogP contribution in [0.25, 0.3) is 22.4 Å². The predicted octanol–water partition coefficient (Wildman–Crippen LogP) is 4.22. The van der Waals surface area contributed by atoms with Gasteiger partial charge in [-0.2, -0.15) is 0 Å². The first kappa shape index (κ1) is 27.6. The fraction of sp³-hybridized carbons (Fsp3) is 0.333. The van der Waals surface area contributed by atoms with Gasteiger partial charge >= 0.3 is 0 Å². The van der Waals surface area contributed by atoms with Gasteiger partial charge in [0.1, 0.15) is 17.2 Å². The first-order valence-electron chi connectivity index (χ1n) is 13.7. The second-order valence-electron chi connectivity index (χ2n) is 9.98. The smallest absolute Gasteiger partial charge is 0.270 e. The Kier molecular flexibility index (Phi) is 8.93. The van der Waals surface area contributed by atoms with E-state index in [0.717, 1.165) is 48.4 Å². The van der Waals surface area contributed by atoms with Crippen LogP contribution in [0.3, 0.4) is 0 Å². The van der Waals surface area contributed by atoms with Gasteiger partial charge in [0.2, 0.25) is 5.91 Å². The Morgan fingerprint density at radius 2 is 1.73 bits per heavy atom. The van der Waals surface area contributed by atoms with E-state index < -0.39 is 0 Å². The minimum Gasteiger partial charge on any atom is -0.368 e. The summed E-state index contributed by atoms with van der Waals surface area (Å²) in [5.74, 6) is 1.05. The molecule has 10 heteroatoms. The molecule has 0 atom stereocenters. The molecule has 208 valence electrons. The van der Waals surface area contributed by atoms with Crippen LogP contribution in [0, 0.1) is 0 Å². The van der Waals surface area contributed by atoms with Crippen LogP contribution in [-0.2, 0) is 11.2 Å². The number of carbonyl (C=O) groups is 2. The summed E-state index contributed by atoms with van der Waals surface area (Å²) in [6.45, 7) is 6.50. The van der Waals surface area contributed by atoms with Crippen molar-refractivity contribution >= 4 is 40.3 Å². The summed E-state index contributed by atoms with van der Waals surface area (Å²) in [6.07, 6.45) is 2.08. The van der Waals surface area contributed by atoms with Crippen LogP contribution in [0.1, 0.15) is 29.4 Å². The molecule has 4 aromatic rings. The lowest BCUT2D eigenvalue weighted by Gasteiger charge is -2.34. The summed E-state index contributed by atoms with van der Waals surface area (Å²) >= 11 is 5.98. The predicted molar refractivity (Wildman–Crippen MR) is 159 cm³/mol. The summed E-state index contributed by atoms with van der Waals surface area (Å²) in [6, 6.07) is 19.6. The fourth-order valence-electron chi connectivity index (χ4n) is 4.90. The molecule has 1 aliphatic heterocycles. The SMILES string of the molecule is CC(=O)NCCNc1nc(-c2ccccc2)nc2[nH]c(C(=O)N3CCN(CCCc4ccc(Cl)cc4)CC3)cc12. The number of H-pyrrole nitrogens is 1. The Hall–Kier alpha value is -3.95. The van der Waals surface area contributed by atoms with Gasteiger partial charge in [0.25, 0.3) is 5.91 Å². The number of aromatic amines is 1. The number of benzene rings is 2. The van der Waals surface area contributed by atoms with Crippen LogP contribution in [0.2, 0.25) is 5.02 Å². The van der Waals surface area contributed by atoms with Crippen LogP contribution in [0.15, 0.2) is 60.7 Å². The molecule has 3 N–H and O–H groups in total. The molecule has 3 heterocycles. The van der Waals surface area contributed by atoms with Gasteiger partial charge in [-0.05, 0) is 43.1 Å². The fourth-order valence-corrected chi connectivity index (χ4v) is 5.02. The Bertz CT molecular complexity index is 1450. The largest absolute Gasteiger partial charge is 0.368 e. The molecule has 2 amide bonds. The highest BCUT2D eigenvalue weighted by Crippen LogP contribution is 2.26. The highest BCUT2D eigenvalue weighted by molar-refractivity contribution is 6.30. The van der Waals surface area contributed by atoms with Gasteiger partial charge in [-0.15, -0.1) is 0 Å². The lowest BCUT2D eigenvalue weighted by Crippen LogP contribution is -2.49. The van der Waals surface area contributed by atoms with Crippen LogP contribution in [0.5, 0.6) is 0 Å². The van der Waals surface area contributed by atoms with Gasteiger partial charge in [-0.1, -0.05) is 54.1 Å². The van der Waals surface area contributed by atoms with Crippen molar-refractivity contribution in [1.82, 2.24) is 30.1 Å². The molecule has 0 spiro atoms. The van der Waals surface area contributed by atoms with Gasteiger partial charge in [0, 0.05) is 56.8 Å². The van der Waals surface area contributed by atoms with Crippen molar-refractivity contribution in [2.24, 2.45) is 0 Å². The number of piperazine rings is 1. The number of hydrogen-bond donors (Lipinski definition) is 3. The van der Waals surface area contributed by atoms with Crippen molar-refractivity contribution < 1.29 is 9.59 Å². The Balaban J connectivity index is 1.24.